The van der Waals surface area contributed by atoms with E-state index in [1.54, 1.807) is 7.05 Å². The van der Waals surface area contributed by atoms with Gasteiger partial charge in [0, 0.05) is 19.4 Å². The summed E-state index contributed by atoms with van der Waals surface area (Å²) in [5.74, 6) is 0.518. The van der Waals surface area contributed by atoms with Crippen LogP contribution < -0.4 is 16.1 Å². The minimum atomic E-state index is -0.0439. The number of allylic oxidation sites excluding steroid dienone is 2. The maximum absolute atomic E-state index is 11.3. The predicted octanol–water partition coefficient (Wildman–Crippen LogP) is 0.399. The minimum absolute atomic E-state index is 0.0439. The molecule has 0 aromatic carbocycles. The Bertz CT molecular complexity index is 581. The summed E-state index contributed by atoms with van der Waals surface area (Å²) >= 11 is 0. The lowest BCUT2D eigenvalue weighted by molar-refractivity contribution is -0.121. The Morgan fingerprint density at radius 2 is 2.43 bits per heavy atom. The van der Waals surface area contributed by atoms with Crippen LogP contribution in [0.15, 0.2) is 33.9 Å². The number of nitrogens with zero attached hydrogens (tertiary/aromatic N) is 3. The van der Waals surface area contributed by atoms with E-state index < -0.39 is 0 Å². The molecule has 2 atom stereocenters. The van der Waals surface area contributed by atoms with Crippen molar-refractivity contribution in [3.63, 3.8) is 0 Å². The first-order valence-electron chi connectivity index (χ1n) is 6.77. The molecule has 7 heteroatoms. The maximum atomic E-state index is 11.3. The van der Waals surface area contributed by atoms with Gasteiger partial charge in [-0.2, -0.15) is 10.4 Å². The second-order valence-electron chi connectivity index (χ2n) is 4.95. The highest BCUT2D eigenvalue weighted by atomic mass is 16.2. The van der Waals surface area contributed by atoms with Gasteiger partial charge in [0.1, 0.15) is 0 Å². The molecular formula is C14H18N6O. The van der Waals surface area contributed by atoms with Crippen molar-refractivity contribution < 1.29 is 4.79 Å². The number of nitrogens with one attached hydrogen (secondary N) is 3. The lowest BCUT2D eigenvalue weighted by Crippen LogP contribution is -2.41. The Morgan fingerprint density at radius 3 is 3.00 bits per heavy atom. The highest BCUT2D eigenvalue weighted by Crippen LogP contribution is 2.20. The fourth-order valence-corrected chi connectivity index (χ4v) is 2.30. The van der Waals surface area contributed by atoms with E-state index in [0.717, 1.165) is 17.7 Å². The summed E-state index contributed by atoms with van der Waals surface area (Å²) in [6.45, 7) is 2.00. The molecule has 0 fully saturated rings. The number of rotatable bonds is 2. The van der Waals surface area contributed by atoms with Crippen LogP contribution in [-0.4, -0.2) is 30.7 Å². The van der Waals surface area contributed by atoms with Crippen LogP contribution in [0.4, 0.5) is 0 Å². The van der Waals surface area contributed by atoms with Crippen LogP contribution in [0, 0.1) is 17.4 Å². The molecule has 21 heavy (non-hydrogen) atoms. The summed E-state index contributed by atoms with van der Waals surface area (Å²) in [6.07, 6.45) is 9.12. The van der Waals surface area contributed by atoms with Gasteiger partial charge in [0.25, 0.3) is 0 Å². The smallest absolute Gasteiger partial charge is 0.240 e. The number of amides is 1. The Morgan fingerprint density at radius 1 is 1.62 bits per heavy atom. The standard InChI is InChI=1S/C14H18N6O/c1-9-7-12(21)19-20-13(9)10-3-5-11(6-4-10)18-14(16-2)17-8-15/h3-5,9,11H,6-7H2,1-2H3,(H,19,21)(H2,16,17,18). The highest BCUT2D eigenvalue weighted by Gasteiger charge is 2.23. The molecular weight excluding hydrogens is 268 g/mol. The molecule has 1 amide bonds. The number of nitriles is 1. The van der Waals surface area contributed by atoms with Crippen LogP contribution in [0.3, 0.4) is 0 Å². The molecule has 0 aromatic heterocycles. The third-order valence-electron chi connectivity index (χ3n) is 3.38. The first-order chi connectivity index (χ1) is 10.1. The molecule has 1 aliphatic carbocycles. The van der Waals surface area contributed by atoms with Crippen LogP contribution in [-0.2, 0) is 4.79 Å². The zero-order valence-corrected chi connectivity index (χ0v) is 12.1. The largest absolute Gasteiger partial charge is 0.349 e. The number of hydrogen-bond donors (Lipinski definition) is 3. The third kappa shape index (κ3) is 3.69. The van der Waals surface area contributed by atoms with E-state index in [1.807, 2.05) is 25.3 Å². The molecule has 1 heterocycles. The van der Waals surface area contributed by atoms with Gasteiger partial charge in [-0.15, -0.1) is 0 Å². The second kappa shape index (κ2) is 6.70. The first kappa shape index (κ1) is 14.8. The van der Waals surface area contributed by atoms with Crippen molar-refractivity contribution in [2.24, 2.45) is 16.0 Å². The van der Waals surface area contributed by atoms with E-state index >= 15 is 0 Å². The Balaban J connectivity index is 1.99. The van der Waals surface area contributed by atoms with Crippen molar-refractivity contribution >= 4 is 17.6 Å². The van der Waals surface area contributed by atoms with E-state index in [-0.39, 0.29) is 17.9 Å². The number of carbonyl (C=O) groups is 1. The molecule has 0 aromatic rings. The van der Waals surface area contributed by atoms with Gasteiger partial charge in [0.05, 0.1) is 11.8 Å². The summed E-state index contributed by atoms with van der Waals surface area (Å²) in [5.41, 5.74) is 4.46. The quantitative estimate of drug-likeness (QED) is 0.296. The van der Waals surface area contributed by atoms with Crippen LogP contribution in [0.2, 0.25) is 0 Å². The SMILES string of the molecule is CN=C(NC#N)NC1C=CC(C2=NNC(=O)CC2C)=CC1. The van der Waals surface area contributed by atoms with Gasteiger partial charge in [-0.1, -0.05) is 25.2 Å². The number of hydrogen-bond acceptors (Lipinski definition) is 4. The molecule has 0 bridgehead atoms. The Kier molecular flexibility index (Phi) is 4.72. The number of guanidine groups is 1. The molecule has 3 N–H and O–H groups in total. The molecule has 0 saturated heterocycles. The van der Waals surface area contributed by atoms with E-state index in [9.17, 15) is 4.79 Å². The predicted molar refractivity (Wildman–Crippen MR) is 80.2 cm³/mol. The van der Waals surface area contributed by atoms with Gasteiger partial charge in [-0.25, -0.2) is 5.43 Å². The van der Waals surface area contributed by atoms with Crippen LogP contribution in [0.25, 0.3) is 0 Å². The monoisotopic (exact) mass is 286 g/mol. The molecule has 0 saturated carbocycles. The van der Waals surface area contributed by atoms with Gasteiger partial charge in [0.2, 0.25) is 11.9 Å². The van der Waals surface area contributed by atoms with Crippen LogP contribution in [0.5, 0.6) is 0 Å². The average molecular weight is 286 g/mol. The lowest BCUT2D eigenvalue weighted by atomic mass is 9.90. The zero-order chi connectivity index (χ0) is 15.2. The van der Waals surface area contributed by atoms with Crippen molar-refractivity contribution in [2.45, 2.75) is 25.8 Å². The molecule has 0 radical (unpaired) electrons. The van der Waals surface area contributed by atoms with E-state index in [0.29, 0.717) is 12.4 Å². The second-order valence-corrected chi connectivity index (χ2v) is 4.95. The van der Waals surface area contributed by atoms with E-state index in [2.05, 4.69) is 32.2 Å². The molecule has 0 spiro atoms. The molecule has 110 valence electrons. The average Bonchev–Trinajstić information content (AvgIpc) is 2.48. The third-order valence-corrected chi connectivity index (χ3v) is 3.38. The molecule has 7 nitrogen and oxygen atoms in total. The summed E-state index contributed by atoms with van der Waals surface area (Å²) in [7, 11) is 1.61. The first-order valence-corrected chi connectivity index (χ1v) is 6.77. The summed E-state index contributed by atoms with van der Waals surface area (Å²) < 4.78 is 0. The number of carbonyl (C=O) groups excluding carboxylic acids is 1. The van der Waals surface area contributed by atoms with Crippen molar-refractivity contribution in [3.05, 3.63) is 23.8 Å². The van der Waals surface area contributed by atoms with E-state index in [4.69, 9.17) is 5.26 Å². The Labute approximate surface area is 123 Å². The van der Waals surface area contributed by atoms with Gasteiger partial charge < -0.3 is 5.32 Å². The van der Waals surface area contributed by atoms with Crippen molar-refractivity contribution in [2.75, 3.05) is 7.05 Å². The normalized spacial score (nSPS) is 25.4. The van der Waals surface area contributed by atoms with Crippen molar-refractivity contribution in [1.29, 1.82) is 5.26 Å². The lowest BCUT2D eigenvalue weighted by Gasteiger charge is -2.23. The minimum Gasteiger partial charge on any atom is -0.349 e. The summed E-state index contributed by atoms with van der Waals surface area (Å²) in [6, 6.07) is 0.0717. The molecule has 2 unspecified atom stereocenters. The van der Waals surface area contributed by atoms with Gasteiger partial charge in [-0.05, 0) is 12.0 Å². The summed E-state index contributed by atoms with van der Waals surface area (Å²) in [4.78, 5) is 15.2. The van der Waals surface area contributed by atoms with Crippen LogP contribution in [0.1, 0.15) is 19.8 Å². The number of aliphatic imine (C=N–C) groups is 1. The van der Waals surface area contributed by atoms with E-state index in [1.165, 1.54) is 0 Å². The molecule has 1 aliphatic heterocycles. The van der Waals surface area contributed by atoms with Crippen molar-refractivity contribution in [1.82, 2.24) is 16.1 Å². The summed E-state index contributed by atoms with van der Waals surface area (Å²) in [5, 5.41) is 18.4. The maximum Gasteiger partial charge on any atom is 0.240 e. The highest BCUT2D eigenvalue weighted by molar-refractivity contribution is 6.07. The van der Waals surface area contributed by atoms with Crippen molar-refractivity contribution in [3.8, 4) is 6.19 Å². The fourth-order valence-electron chi connectivity index (χ4n) is 2.30. The zero-order valence-electron chi connectivity index (χ0n) is 12.1. The fraction of sp³-hybridized carbons (Fsp3) is 0.429. The topological polar surface area (TPSA) is 102 Å². The Hall–Kier alpha value is -2.62. The molecule has 2 aliphatic rings. The number of hydrazone groups is 1. The van der Waals surface area contributed by atoms with Crippen LogP contribution >= 0.6 is 0 Å². The molecule has 2 rings (SSSR count). The van der Waals surface area contributed by atoms with Gasteiger partial charge in [-0.3, -0.25) is 15.1 Å². The van der Waals surface area contributed by atoms with Gasteiger partial charge in [0.15, 0.2) is 6.19 Å². The van der Waals surface area contributed by atoms with Gasteiger partial charge >= 0.3 is 0 Å².